The molecule has 0 spiro atoms. The third-order valence-corrected chi connectivity index (χ3v) is 6.88. The van der Waals surface area contributed by atoms with E-state index in [0.29, 0.717) is 28.7 Å². The number of hydrogen-bond donors (Lipinski definition) is 2. The van der Waals surface area contributed by atoms with Crippen LogP contribution >= 0.6 is 11.8 Å². The Balaban J connectivity index is 1.66. The summed E-state index contributed by atoms with van der Waals surface area (Å²) in [5, 5.41) is 7.60. The monoisotopic (exact) mass is 504 g/mol. The maximum atomic E-state index is 12.8. The Kier molecular flexibility index (Phi) is 8.07. The van der Waals surface area contributed by atoms with Crippen LogP contribution in [-0.2, 0) is 24.3 Å². The highest BCUT2D eigenvalue weighted by Gasteiger charge is 2.38. The molecular weight excluding hydrogens is 480 g/mol. The number of amides is 2. The van der Waals surface area contributed by atoms with Crippen LogP contribution in [0.25, 0.3) is 0 Å². The lowest BCUT2D eigenvalue weighted by Gasteiger charge is -2.13. The van der Waals surface area contributed by atoms with Crippen molar-refractivity contribution in [2.75, 3.05) is 18.5 Å². The van der Waals surface area contributed by atoms with Crippen molar-refractivity contribution in [3.63, 3.8) is 0 Å². The summed E-state index contributed by atoms with van der Waals surface area (Å²) in [6, 6.07) is 11.9. The van der Waals surface area contributed by atoms with Gasteiger partial charge < -0.3 is 10.1 Å². The Labute approximate surface area is 201 Å². The molecule has 3 rings (SSSR count). The Hall–Kier alpha value is -3.22. The summed E-state index contributed by atoms with van der Waals surface area (Å²) in [7, 11) is -3.81. The number of anilines is 1. The summed E-state index contributed by atoms with van der Waals surface area (Å²) in [5.74, 6) is -1.04. The lowest BCUT2D eigenvalue weighted by atomic mass is 10.2. The second-order valence-electron chi connectivity index (χ2n) is 7.17. The molecule has 0 saturated carbocycles. The van der Waals surface area contributed by atoms with E-state index in [0.717, 1.165) is 0 Å². The van der Waals surface area contributed by atoms with E-state index in [-0.39, 0.29) is 29.7 Å². The number of sulfonamides is 1. The third-order valence-electron chi connectivity index (χ3n) is 4.78. The Morgan fingerprint density at radius 2 is 1.76 bits per heavy atom. The van der Waals surface area contributed by atoms with Gasteiger partial charge in [0.05, 0.1) is 22.8 Å². The molecule has 1 fully saturated rings. The summed E-state index contributed by atoms with van der Waals surface area (Å²) in [6.45, 7) is 4.15. The molecule has 3 N–H and O–H groups in total. The first-order chi connectivity index (χ1) is 16.1. The number of nitrogens with zero attached hydrogens (tertiary/aromatic N) is 2. The van der Waals surface area contributed by atoms with Crippen molar-refractivity contribution in [3.8, 4) is 0 Å². The van der Waals surface area contributed by atoms with Gasteiger partial charge in [0.1, 0.15) is 5.25 Å². The summed E-state index contributed by atoms with van der Waals surface area (Å²) in [5.41, 5.74) is 1.32. The van der Waals surface area contributed by atoms with Crippen molar-refractivity contribution in [1.82, 2.24) is 4.90 Å². The number of carbonyl (C=O) groups is 3. The molecule has 0 aromatic heterocycles. The largest absolute Gasteiger partial charge is 0.462 e. The van der Waals surface area contributed by atoms with Crippen molar-refractivity contribution in [3.05, 3.63) is 54.1 Å². The summed E-state index contributed by atoms with van der Waals surface area (Å²) in [4.78, 5) is 42.9. The van der Waals surface area contributed by atoms with Crippen LogP contribution in [0.3, 0.4) is 0 Å². The summed E-state index contributed by atoms with van der Waals surface area (Å²) >= 11 is 1.17. The SMILES string of the molecule is CCOC(=O)c1ccc(NC(=O)CC2SC(=Nc3ccc(S(N)(=O)=O)cc3)N(CC)C2=O)cc1. The van der Waals surface area contributed by atoms with Crippen LogP contribution in [0.5, 0.6) is 0 Å². The average molecular weight is 505 g/mol. The zero-order chi connectivity index (χ0) is 24.9. The van der Waals surface area contributed by atoms with E-state index >= 15 is 0 Å². The number of thioether (sulfide) groups is 1. The number of ether oxygens (including phenoxy) is 1. The lowest BCUT2D eigenvalue weighted by molar-refractivity contribution is -0.128. The van der Waals surface area contributed by atoms with Gasteiger partial charge in [-0.05, 0) is 62.4 Å². The van der Waals surface area contributed by atoms with Crippen molar-refractivity contribution < 1.29 is 27.5 Å². The van der Waals surface area contributed by atoms with Gasteiger partial charge in [-0.1, -0.05) is 11.8 Å². The minimum Gasteiger partial charge on any atom is -0.462 e. The number of primary sulfonamides is 1. The smallest absolute Gasteiger partial charge is 0.338 e. The number of rotatable bonds is 8. The van der Waals surface area contributed by atoms with Crippen molar-refractivity contribution >= 4 is 56.1 Å². The van der Waals surface area contributed by atoms with Gasteiger partial charge in [0, 0.05) is 18.7 Å². The van der Waals surface area contributed by atoms with Crippen LogP contribution in [0.1, 0.15) is 30.6 Å². The Morgan fingerprint density at radius 1 is 1.12 bits per heavy atom. The molecule has 1 aliphatic heterocycles. The maximum absolute atomic E-state index is 12.8. The number of hydrogen-bond acceptors (Lipinski definition) is 8. The number of aliphatic imine (C=N–C) groups is 1. The summed E-state index contributed by atoms with van der Waals surface area (Å²) < 4.78 is 27.7. The zero-order valence-electron chi connectivity index (χ0n) is 18.6. The van der Waals surface area contributed by atoms with Crippen LogP contribution in [0.4, 0.5) is 11.4 Å². The topological polar surface area (TPSA) is 148 Å². The molecule has 1 aliphatic rings. The number of esters is 1. The minimum atomic E-state index is -3.81. The number of nitrogens with one attached hydrogen (secondary N) is 1. The lowest BCUT2D eigenvalue weighted by Crippen LogP contribution is -2.33. The number of amidine groups is 1. The predicted molar refractivity (Wildman–Crippen MR) is 129 cm³/mol. The van der Waals surface area contributed by atoms with E-state index in [1.54, 1.807) is 38.1 Å². The number of carbonyl (C=O) groups excluding carboxylic acids is 3. The first kappa shape index (κ1) is 25.4. The van der Waals surface area contributed by atoms with Gasteiger partial charge in [-0.2, -0.15) is 0 Å². The molecule has 1 atom stereocenters. The van der Waals surface area contributed by atoms with Gasteiger partial charge in [0.15, 0.2) is 5.17 Å². The van der Waals surface area contributed by atoms with Gasteiger partial charge in [0.25, 0.3) is 0 Å². The van der Waals surface area contributed by atoms with Crippen LogP contribution in [0.2, 0.25) is 0 Å². The van der Waals surface area contributed by atoms with Crippen LogP contribution in [0, 0.1) is 0 Å². The summed E-state index contributed by atoms with van der Waals surface area (Å²) in [6.07, 6.45) is -0.0665. The fourth-order valence-corrected chi connectivity index (χ4v) is 4.86. The number of benzene rings is 2. The molecular formula is C22H24N4O6S2. The molecule has 1 unspecified atom stereocenters. The van der Waals surface area contributed by atoms with Gasteiger partial charge >= 0.3 is 5.97 Å². The fraction of sp³-hybridized carbons (Fsp3) is 0.273. The molecule has 1 saturated heterocycles. The minimum absolute atomic E-state index is 0.0382. The first-order valence-corrected chi connectivity index (χ1v) is 12.8. The van der Waals surface area contributed by atoms with E-state index in [4.69, 9.17) is 9.88 Å². The molecule has 180 valence electrons. The van der Waals surface area contributed by atoms with E-state index in [2.05, 4.69) is 10.3 Å². The van der Waals surface area contributed by atoms with Gasteiger partial charge in [-0.3, -0.25) is 14.5 Å². The van der Waals surface area contributed by atoms with E-state index < -0.39 is 21.2 Å². The Morgan fingerprint density at radius 3 is 2.32 bits per heavy atom. The molecule has 0 radical (unpaired) electrons. The van der Waals surface area contributed by atoms with Gasteiger partial charge in [-0.25, -0.2) is 23.3 Å². The fourth-order valence-electron chi connectivity index (χ4n) is 3.12. The highest BCUT2D eigenvalue weighted by atomic mass is 32.2. The third kappa shape index (κ3) is 6.22. The van der Waals surface area contributed by atoms with Crippen molar-refractivity contribution in [1.29, 1.82) is 0 Å². The molecule has 34 heavy (non-hydrogen) atoms. The molecule has 0 aliphatic carbocycles. The molecule has 2 amide bonds. The van der Waals surface area contributed by atoms with E-state index in [9.17, 15) is 22.8 Å². The first-order valence-electron chi connectivity index (χ1n) is 10.4. The highest BCUT2D eigenvalue weighted by molar-refractivity contribution is 8.15. The standard InChI is InChI=1S/C22H24N4O6S2/c1-3-26-20(28)18(33-22(26)25-16-9-11-17(12-10-16)34(23,30)31)13-19(27)24-15-7-5-14(6-8-15)21(29)32-4-2/h5-12,18H,3-4,13H2,1-2H3,(H,24,27)(H2,23,30,31). The van der Waals surface area contributed by atoms with E-state index in [1.165, 1.54) is 40.9 Å². The Bertz CT molecular complexity index is 1210. The molecule has 0 bridgehead atoms. The molecule has 2 aromatic carbocycles. The highest BCUT2D eigenvalue weighted by Crippen LogP contribution is 2.32. The molecule has 10 nitrogen and oxygen atoms in total. The number of nitrogens with two attached hydrogens (primary N) is 1. The van der Waals surface area contributed by atoms with Crippen LogP contribution in [-0.4, -0.2) is 54.7 Å². The second kappa shape index (κ2) is 10.8. The van der Waals surface area contributed by atoms with Crippen LogP contribution in [0.15, 0.2) is 58.4 Å². The average Bonchev–Trinajstić information content (AvgIpc) is 3.07. The van der Waals surface area contributed by atoms with Crippen LogP contribution < -0.4 is 10.5 Å². The zero-order valence-corrected chi connectivity index (χ0v) is 20.2. The maximum Gasteiger partial charge on any atom is 0.338 e. The van der Waals surface area contributed by atoms with Gasteiger partial charge in [-0.15, -0.1) is 0 Å². The van der Waals surface area contributed by atoms with Crippen molar-refractivity contribution in [2.24, 2.45) is 10.1 Å². The van der Waals surface area contributed by atoms with Crippen molar-refractivity contribution in [2.45, 2.75) is 30.4 Å². The normalized spacial score (nSPS) is 17.1. The molecule has 12 heteroatoms. The predicted octanol–water partition coefficient (Wildman–Crippen LogP) is 2.49. The molecule has 2 aromatic rings. The quantitative estimate of drug-likeness (QED) is 0.525. The molecule has 1 heterocycles. The second-order valence-corrected chi connectivity index (χ2v) is 9.90. The van der Waals surface area contributed by atoms with E-state index in [1.807, 2.05) is 0 Å². The van der Waals surface area contributed by atoms with Gasteiger partial charge in [0.2, 0.25) is 21.8 Å².